The number of fused-ring (bicyclic) bond motifs is 1. The zero-order chi connectivity index (χ0) is 22.2. The first-order chi connectivity index (χ1) is 14.9. The van der Waals surface area contributed by atoms with Crippen LogP contribution < -0.4 is 32.0 Å². The van der Waals surface area contributed by atoms with Gasteiger partial charge in [-0.05, 0) is 49.8 Å². The zero-order valence-electron chi connectivity index (χ0n) is 18.2. The summed E-state index contributed by atoms with van der Waals surface area (Å²) in [6.07, 6.45) is 4.21. The van der Waals surface area contributed by atoms with Crippen LogP contribution in [0.25, 0.3) is 10.9 Å². The molecule has 9 heteroatoms. The van der Waals surface area contributed by atoms with Gasteiger partial charge in [0.25, 0.3) is 5.56 Å². The molecule has 31 heavy (non-hydrogen) atoms. The van der Waals surface area contributed by atoms with Gasteiger partial charge in [-0.3, -0.25) is 9.36 Å². The van der Waals surface area contributed by atoms with E-state index in [1.807, 2.05) is 6.07 Å². The van der Waals surface area contributed by atoms with E-state index in [9.17, 15) is 9.59 Å². The number of nitrogens with two attached hydrogens (primary N) is 1. The Labute approximate surface area is 181 Å². The van der Waals surface area contributed by atoms with Gasteiger partial charge in [-0.25, -0.2) is 4.79 Å². The molecule has 0 spiro atoms. The van der Waals surface area contributed by atoms with Crippen LogP contribution in [-0.2, 0) is 0 Å². The van der Waals surface area contributed by atoms with Gasteiger partial charge >= 0.3 is 5.69 Å². The van der Waals surface area contributed by atoms with Gasteiger partial charge in [0.1, 0.15) is 5.52 Å². The SMILES string of the molecule is COc1c(N2CCC(C)(CNCCCC#N)C2)ccc2c(=O)n(N)c(=O)n(C3CC3)c12. The summed E-state index contributed by atoms with van der Waals surface area (Å²) < 4.78 is 8.13. The van der Waals surface area contributed by atoms with Crippen molar-refractivity contribution in [2.45, 2.75) is 45.1 Å². The fourth-order valence-electron chi connectivity index (χ4n) is 4.58. The predicted molar refractivity (Wildman–Crippen MR) is 120 cm³/mol. The standard InChI is InChI=1S/C22H30N6O3/c1-22(13-25-11-4-3-10-23)9-12-26(14-22)17-8-7-16-18(19(17)31-2)27(15-5-6-15)21(30)28(24)20(16)29/h7-8,15,25H,3-6,9,11-14,24H2,1-2H3. The Morgan fingerprint density at radius 1 is 1.35 bits per heavy atom. The number of aromatic nitrogens is 2. The first kappa shape index (κ1) is 21.2. The van der Waals surface area contributed by atoms with E-state index >= 15 is 0 Å². The van der Waals surface area contributed by atoms with E-state index in [1.54, 1.807) is 17.7 Å². The summed E-state index contributed by atoms with van der Waals surface area (Å²) in [7, 11) is 1.58. The number of ether oxygens (including phenoxy) is 1. The molecule has 2 fully saturated rings. The Morgan fingerprint density at radius 2 is 2.13 bits per heavy atom. The van der Waals surface area contributed by atoms with Crippen LogP contribution in [0.2, 0.25) is 0 Å². The van der Waals surface area contributed by atoms with Crippen molar-refractivity contribution in [1.82, 2.24) is 14.6 Å². The van der Waals surface area contributed by atoms with Crippen molar-refractivity contribution >= 4 is 16.6 Å². The number of methoxy groups -OCH3 is 1. The molecule has 1 saturated heterocycles. The molecule has 1 saturated carbocycles. The molecule has 3 N–H and O–H groups in total. The van der Waals surface area contributed by atoms with E-state index in [4.69, 9.17) is 15.8 Å². The second-order valence-electron chi connectivity index (χ2n) is 8.99. The molecule has 0 amide bonds. The molecule has 9 nitrogen and oxygen atoms in total. The third-order valence-corrected chi connectivity index (χ3v) is 6.42. The molecule has 1 aromatic heterocycles. The number of benzene rings is 1. The molecule has 4 rings (SSSR count). The number of hydrogen-bond donors (Lipinski definition) is 2. The average Bonchev–Trinajstić information content (AvgIpc) is 3.52. The summed E-state index contributed by atoms with van der Waals surface area (Å²) in [5.41, 5.74) is 0.523. The summed E-state index contributed by atoms with van der Waals surface area (Å²) in [6, 6.07) is 5.88. The van der Waals surface area contributed by atoms with E-state index < -0.39 is 11.2 Å². The van der Waals surface area contributed by atoms with Crippen LogP contribution in [-0.4, -0.2) is 42.5 Å². The molecule has 0 bridgehead atoms. The van der Waals surface area contributed by atoms with Crippen LogP contribution in [0.5, 0.6) is 5.75 Å². The van der Waals surface area contributed by atoms with Crippen molar-refractivity contribution in [3.8, 4) is 11.8 Å². The minimum Gasteiger partial charge on any atom is -0.492 e. The van der Waals surface area contributed by atoms with Crippen LogP contribution in [0.3, 0.4) is 0 Å². The van der Waals surface area contributed by atoms with Crippen molar-refractivity contribution in [2.75, 3.05) is 44.0 Å². The largest absolute Gasteiger partial charge is 0.492 e. The van der Waals surface area contributed by atoms with Crippen molar-refractivity contribution in [3.63, 3.8) is 0 Å². The number of nitrogens with one attached hydrogen (secondary N) is 1. The van der Waals surface area contributed by atoms with Gasteiger partial charge in [0, 0.05) is 32.1 Å². The summed E-state index contributed by atoms with van der Waals surface area (Å²) in [5.74, 6) is 6.33. The van der Waals surface area contributed by atoms with Gasteiger partial charge in [0.2, 0.25) is 0 Å². The third kappa shape index (κ3) is 3.88. The summed E-state index contributed by atoms with van der Waals surface area (Å²) in [4.78, 5) is 27.7. The first-order valence-electron chi connectivity index (χ1n) is 10.9. The maximum absolute atomic E-state index is 12.8. The quantitative estimate of drug-likeness (QED) is 0.483. The number of nitrogens with zero attached hydrogens (tertiary/aromatic N) is 4. The summed E-state index contributed by atoms with van der Waals surface area (Å²) >= 11 is 0. The number of rotatable bonds is 8. The maximum Gasteiger partial charge on any atom is 0.350 e. The second-order valence-corrected chi connectivity index (χ2v) is 8.99. The molecule has 1 atom stereocenters. The highest BCUT2D eigenvalue weighted by molar-refractivity contribution is 5.90. The highest BCUT2D eigenvalue weighted by Crippen LogP contribution is 2.43. The maximum atomic E-state index is 12.8. The Kier molecular flexibility index (Phi) is 5.67. The lowest BCUT2D eigenvalue weighted by molar-refractivity contribution is 0.343. The zero-order valence-corrected chi connectivity index (χ0v) is 18.2. The van der Waals surface area contributed by atoms with Crippen LogP contribution in [0.15, 0.2) is 21.7 Å². The van der Waals surface area contributed by atoms with Gasteiger partial charge in [-0.1, -0.05) is 6.92 Å². The Morgan fingerprint density at radius 3 is 2.81 bits per heavy atom. The molecule has 166 valence electrons. The number of nitrogen functional groups attached to an aromatic ring is 1. The van der Waals surface area contributed by atoms with Crippen molar-refractivity contribution in [2.24, 2.45) is 5.41 Å². The summed E-state index contributed by atoms with van der Waals surface area (Å²) in [6.45, 7) is 5.66. The van der Waals surface area contributed by atoms with Crippen molar-refractivity contribution < 1.29 is 4.74 Å². The third-order valence-electron chi connectivity index (χ3n) is 6.42. The Balaban J connectivity index is 1.67. The number of hydrogen-bond acceptors (Lipinski definition) is 7. The van der Waals surface area contributed by atoms with Gasteiger partial charge in [-0.15, -0.1) is 0 Å². The molecular weight excluding hydrogens is 396 g/mol. The fraction of sp³-hybridized carbons (Fsp3) is 0.591. The summed E-state index contributed by atoms with van der Waals surface area (Å²) in [5, 5.41) is 12.5. The molecule has 2 aliphatic rings. The van der Waals surface area contributed by atoms with Crippen LogP contribution in [0, 0.1) is 16.7 Å². The van der Waals surface area contributed by atoms with E-state index in [1.165, 1.54) is 0 Å². The molecular formula is C22H30N6O3. The normalized spacial score (nSPS) is 20.9. The van der Waals surface area contributed by atoms with E-state index in [0.717, 1.165) is 57.5 Å². The second kappa shape index (κ2) is 8.27. The van der Waals surface area contributed by atoms with Crippen LogP contribution >= 0.6 is 0 Å². The topological polar surface area (TPSA) is 118 Å². The number of nitriles is 1. The molecule has 2 heterocycles. The monoisotopic (exact) mass is 426 g/mol. The van der Waals surface area contributed by atoms with E-state index in [2.05, 4.69) is 23.2 Å². The van der Waals surface area contributed by atoms with E-state index in [-0.39, 0.29) is 11.5 Å². The van der Waals surface area contributed by atoms with E-state index in [0.29, 0.717) is 27.7 Å². The molecule has 1 aliphatic carbocycles. The smallest absolute Gasteiger partial charge is 0.350 e. The molecule has 1 unspecified atom stereocenters. The highest BCUT2D eigenvalue weighted by atomic mass is 16.5. The predicted octanol–water partition coefficient (Wildman–Crippen LogP) is 1.33. The minimum absolute atomic E-state index is 0.0519. The van der Waals surface area contributed by atoms with Crippen LogP contribution in [0.1, 0.15) is 45.1 Å². The van der Waals surface area contributed by atoms with Gasteiger partial charge in [0.05, 0.1) is 24.3 Å². The van der Waals surface area contributed by atoms with Gasteiger partial charge in [0.15, 0.2) is 5.75 Å². The molecule has 1 aromatic carbocycles. The lowest BCUT2D eigenvalue weighted by atomic mass is 9.90. The molecule has 2 aromatic rings. The number of unbranched alkanes of at least 4 members (excludes halogenated alkanes) is 1. The average molecular weight is 427 g/mol. The van der Waals surface area contributed by atoms with Gasteiger partial charge < -0.3 is 20.8 Å². The fourth-order valence-corrected chi connectivity index (χ4v) is 4.58. The Bertz CT molecular complexity index is 1140. The van der Waals surface area contributed by atoms with Crippen molar-refractivity contribution in [1.29, 1.82) is 5.26 Å². The minimum atomic E-state index is -0.505. The Hall–Kier alpha value is -2.99. The lowest BCUT2D eigenvalue weighted by Gasteiger charge is -2.27. The van der Waals surface area contributed by atoms with Crippen molar-refractivity contribution in [3.05, 3.63) is 33.0 Å². The van der Waals surface area contributed by atoms with Crippen LogP contribution in [0.4, 0.5) is 5.69 Å². The lowest BCUT2D eigenvalue weighted by Crippen LogP contribution is -2.44. The van der Waals surface area contributed by atoms with Gasteiger partial charge in [-0.2, -0.15) is 9.94 Å². The number of anilines is 1. The first-order valence-corrected chi connectivity index (χ1v) is 10.9. The molecule has 1 aliphatic heterocycles. The highest BCUT2D eigenvalue weighted by Gasteiger charge is 2.36. The molecule has 0 radical (unpaired) electrons.